The van der Waals surface area contributed by atoms with Crippen molar-refractivity contribution >= 4 is 5.69 Å². The molecule has 0 fully saturated rings. The van der Waals surface area contributed by atoms with Crippen LogP contribution in [0.25, 0.3) is 0 Å². The Morgan fingerprint density at radius 1 is 1.54 bits per heavy atom. The SMILES string of the molecule is CCN(C)c1ccc(C#N)cc1F. The Bertz CT molecular complexity index is 341. The molecule has 0 amide bonds. The summed E-state index contributed by atoms with van der Waals surface area (Å²) in [5, 5.41) is 8.52. The summed E-state index contributed by atoms with van der Waals surface area (Å²) in [6, 6.07) is 6.38. The quantitative estimate of drug-likeness (QED) is 0.693. The van der Waals surface area contributed by atoms with Crippen molar-refractivity contribution < 1.29 is 4.39 Å². The Labute approximate surface area is 77.2 Å². The molecule has 0 unspecified atom stereocenters. The van der Waals surface area contributed by atoms with Crippen LogP contribution in [0.2, 0.25) is 0 Å². The number of anilines is 1. The van der Waals surface area contributed by atoms with E-state index in [9.17, 15) is 4.39 Å². The second kappa shape index (κ2) is 3.90. The molecule has 0 aliphatic carbocycles. The average molecular weight is 178 g/mol. The van der Waals surface area contributed by atoms with Gasteiger partial charge in [0.15, 0.2) is 0 Å². The van der Waals surface area contributed by atoms with E-state index < -0.39 is 0 Å². The van der Waals surface area contributed by atoms with E-state index in [4.69, 9.17) is 5.26 Å². The first-order valence-corrected chi connectivity index (χ1v) is 4.09. The number of nitriles is 1. The fraction of sp³-hybridized carbons (Fsp3) is 0.300. The number of hydrogen-bond donors (Lipinski definition) is 0. The van der Waals surface area contributed by atoms with Crippen molar-refractivity contribution in [1.29, 1.82) is 5.26 Å². The molecule has 0 saturated heterocycles. The smallest absolute Gasteiger partial charge is 0.147 e. The van der Waals surface area contributed by atoms with Crippen molar-refractivity contribution in [3.05, 3.63) is 29.6 Å². The zero-order valence-electron chi connectivity index (χ0n) is 7.71. The van der Waals surface area contributed by atoms with Crippen LogP contribution in [0, 0.1) is 17.1 Å². The van der Waals surface area contributed by atoms with Gasteiger partial charge in [-0.05, 0) is 25.1 Å². The summed E-state index contributed by atoms with van der Waals surface area (Å²) in [4.78, 5) is 1.79. The third-order valence-corrected chi connectivity index (χ3v) is 1.96. The molecule has 0 bridgehead atoms. The summed E-state index contributed by atoms with van der Waals surface area (Å²) in [5.74, 6) is -0.344. The van der Waals surface area contributed by atoms with Gasteiger partial charge in [-0.2, -0.15) is 5.26 Å². The second-order valence-corrected chi connectivity index (χ2v) is 2.79. The van der Waals surface area contributed by atoms with E-state index in [0.717, 1.165) is 6.54 Å². The fourth-order valence-electron chi connectivity index (χ4n) is 1.06. The van der Waals surface area contributed by atoms with Crippen LogP contribution in [0.5, 0.6) is 0 Å². The maximum Gasteiger partial charge on any atom is 0.147 e. The van der Waals surface area contributed by atoms with Gasteiger partial charge < -0.3 is 4.90 Å². The van der Waals surface area contributed by atoms with E-state index in [1.807, 2.05) is 20.0 Å². The molecule has 0 saturated carbocycles. The number of benzene rings is 1. The van der Waals surface area contributed by atoms with Crippen LogP contribution in [0.4, 0.5) is 10.1 Å². The predicted octanol–water partition coefficient (Wildman–Crippen LogP) is 2.15. The van der Waals surface area contributed by atoms with Gasteiger partial charge in [0, 0.05) is 13.6 Å². The molecule has 0 aromatic heterocycles. The minimum Gasteiger partial charge on any atom is -0.373 e. The predicted molar refractivity (Wildman–Crippen MR) is 50.1 cm³/mol. The first-order valence-electron chi connectivity index (χ1n) is 4.09. The van der Waals surface area contributed by atoms with E-state index >= 15 is 0 Å². The van der Waals surface area contributed by atoms with Crippen molar-refractivity contribution in [3.63, 3.8) is 0 Å². The second-order valence-electron chi connectivity index (χ2n) is 2.79. The molecule has 1 aromatic rings. The Morgan fingerprint density at radius 3 is 2.69 bits per heavy atom. The Morgan fingerprint density at radius 2 is 2.23 bits per heavy atom. The number of nitrogens with zero attached hydrogens (tertiary/aromatic N) is 2. The summed E-state index contributed by atoms with van der Waals surface area (Å²) in [6.45, 7) is 2.68. The first kappa shape index (κ1) is 9.53. The van der Waals surface area contributed by atoms with Gasteiger partial charge in [-0.1, -0.05) is 0 Å². The molecule has 68 valence electrons. The third kappa shape index (κ3) is 1.97. The molecule has 0 N–H and O–H groups in total. The van der Waals surface area contributed by atoms with Crippen LogP contribution >= 0.6 is 0 Å². The molecule has 2 nitrogen and oxygen atoms in total. The zero-order chi connectivity index (χ0) is 9.84. The highest BCUT2D eigenvalue weighted by molar-refractivity contribution is 5.50. The summed E-state index contributed by atoms with van der Waals surface area (Å²) < 4.78 is 13.3. The van der Waals surface area contributed by atoms with Crippen molar-refractivity contribution in [2.24, 2.45) is 0 Å². The van der Waals surface area contributed by atoms with E-state index in [2.05, 4.69) is 0 Å². The van der Waals surface area contributed by atoms with Crippen LogP contribution in [-0.4, -0.2) is 13.6 Å². The molecule has 13 heavy (non-hydrogen) atoms. The van der Waals surface area contributed by atoms with E-state index in [0.29, 0.717) is 11.3 Å². The van der Waals surface area contributed by atoms with E-state index in [-0.39, 0.29) is 5.82 Å². The van der Waals surface area contributed by atoms with Gasteiger partial charge in [0.1, 0.15) is 5.82 Å². The van der Waals surface area contributed by atoms with Crippen LogP contribution in [0.15, 0.2) is 18.2 Å². The molecule has 1 aromatic carbocycles. The minimum atomic E-state index is -0.344. The van der Waals surface area contributed by atoms with Crippen molar-refractivity contribution in [2.75, 3.05) is 18.5 Å². The maximum atomic E-state index is 13.3. The summed E-state index contributed by atoms with van der Waals surface area (Å²) in [6.07, 6.45) is 0. The van der Waals surface area contributed by atoms with E-state index in [1.165, 1.54) is 6.07 Å². The van der Waals surface area contributed by atoms with Crippen molar-refractivity contribution in [1.82, 2.24) is 0 Å². The topological polar surface area (TPSA) is 27.0 Å². The highest BCUT2D eigenvalue weighted by Crippen LogP contribution is 2.18. The normalized spacial score (nSPS) is 9.38. The van der Waals surface area contributed by atoms with Crippen molar-refractivity contribution in [3.8, 4) is 6.07 Å². The van der Waals surface area contributed by atoms with Crippen LogP contribution in [0.3, 0.4) is 0 Å². The lowest BCUT2D eigenvalue weighted by molar-refractivity contribution is 0.623. The standard InChI is InChI=1S/C10H11FN2/c1-3-13(2)10-5-4-8(7-12)6-9(10)11/h4-6H,3H2,1-2H3. The molecule has 0 radical (unpaired) electrons. The molecule has 0 aliphatic heterocycles. The van der Waals surface area contributed by atoms with E-state index in [1.54, 1.807) is 17.0 Å². The molecule has 3 heteroatoms. The van der Waals surface area contributed by atoms with Gasteiger partial charge in [-0.15, -0.1) is 0 Å². The van der Waals surface area contributed by atoms with Gasteiger partial charge in [0.25, 0.3) is 0 Å². The molecule has 0 aliphatic rings. The molecule has 0 heterocycles. The Hall–Kier alpha value is -1.56. The zero-order valence-corrected chi connectivity index (χ0v) is 7.71. The lowest BCUT2D eigenvalue weighted by atomic mass is 10.2. The lowest BCUT2D eigenvalue weighted by Crippen LogP contribution is -2.17. The molecular weight excluding hydrogens is 167 g/mol. The fourth-order valence-corrected chi connectivity index (χ4v) is 1.06. The monoisotopic (exact) mass is 178 g/mol. The molecular formula is C10H11FN2. The summed E-state index contributed by atoms with van der Waals surface area (Å²) in [7, 11) is 1.81. The van der Waals surface area contributed by atoms with Crippen molar-refractivity contribution in [2.45, 2.75) is 6.92 Å². The first-order chi connectivity index (χ1) is 6.19. The highest BCUT2D eigenvalue weighted by atomic mass is 19.1. The number of hydrogen-bond acceptors (Lipinski definition) is 2. The Kier molecular flexibility index (Phi) is 2.86. The van der Waals surface area contributed by atoms with Crippen LogP contribution in [0.1, 0.15) is 12.5 Å². The van der Waals surface area contributed by atoms with Gasteiger partial charge in [0.2, 0.25) is 0 Å². The summed E-state index contributed by atoms with van der Waals surface area (Å²) in [5.41, 5.74) is 0.882. The number of halogens is 1. The average Bonchev–Trinajstić information content (AvgIpc) is 2.16. The Balaban J connectivity index is 3.07. The van der Waals surface area contributed by atoms with Gasteiger partial charge in [0.05, 0.1) is 17.3 Å². The molecule has 0 atom stereocenters. The van der Waals surface area contributed by atoms with Gasteiger partial charge in [-0.25, -0.2) is 4.39 Å². The summed E-state index contributed by atoms with van der Waals surface area (Å²) >= 11 is 0. The lowest BCUT2D eigenvalue weighted by Gasteiger charge is -2.17. The third-order valence-electron chi connectivity index (χ3n) is 1.96. The number of rotatable bonds is 2. The minimum absolute atomic E-state index is 0.344. The highest BCUT2D eigenvalue weighted by Gasteiger charge is 2.05. The van der Waals surface area contributed by atoms with Crippen LogP contribution in [-0.2, 0) is 0 Å². The maximum absolute atomic E-state index is 13.3. The molecule has 0 spiro atoms. The largest absolute Gasteiger partial charge is 0.373 e. The molecule has 1 rings (SSSR count). The van der Waals surface area contributed by atoms with Crippen LogP contribution < -0.4 is 4.90 Å². The van der Waals surface area contributed by atoms with Gasteiger partial charge in [-0.3, -0.25) is 0 Å². The van der Waals surface area contributed by atoms with Gasteiger partial charge >= 0.3 is 0 Å².